The topological polar surface area (TPSA) is 33.1 Å². The molecule has 1 fully saturated rings. The van der Waals surface area contributed by atoms with Gasteiger partial charge in [-0.25, -0.2) is 0 Å². The molecule has 0 unspecified atom stereocenters. The molecule has 5 heteroatoms. The van der Waals surface area contributed by atoms with Crippen molar-refractivity contribution in [1.82, 2.24) is 19.8 Å². The summed E-state index contributed by atoms with van der Waals surface area (Å²) < 4.78 is 2.38. The molecule has 34 heavy (non-hydrogen) atoms. The highest BCUT2D eigenvalue weighted by atomic mass is 32.1. The number of pyridine rings is 1. The Morgan fingerprint density at radius 1 is 0.912 bits per heavy atom. The van der Waals surface area contributed by atoms with Crippen LogP contribution in [0.4, 0.5) is 0 Å². The Morgan fingerprint density at radius 2 is 1.68 bits per heavy atom. The molecular weight excluding hydrogens is 436 g/mol. The minimum absolute atomic E-state index is 0.0232. The predicted octanol–water partition coefficient (Wildman–Crippen LogP) is 6.28. The third-order valence-corrected chi connectivity index (χ3v) is 7.14. The second kappa shape index (κ2) is 9.07. The zero-order valence-corrected chi connectivity index (χ0v) is 20.9. The summed E-state index contributed by atoms with van der Waals surface area (Å²) in [7, 11) is 0. The highest BCUT2D eigenvalue weighted by molar-refractivity contribution is 7.80. The standard InChI is InChI=1S/C29H30N4S/c1-19-13-14-20(2)26(16-19)33-21(3)17-24(22(33)4)28-27(25-12-8-9-15-30-25)31-29(34)32(28)18-23-10-6-5-7-11-23/h5-17,27-28H,18H2,1-4H3,(H,31,34)/t27-,28-/m1/s1. The molecular formula is C29H30N4S. The van der Waals surface area contributed by atoms with Crippen LogP contribution in [0.5, 0.6) is 0 Å². The van der Waals surface area contributed by atoms with Crippen molar-refractivity contribution in [2.75, 3.05) is 0 Å². The molecule has 5 rings (SSSR count). The Morgan fingerprint density at radius 3 is 2.41 bits per heavy atom. The van der Waals surface area contributed by atoms with Gasteiger partial charge < -0.3 is 14.8 Å². The smallest absolute Gasteiger partial charge is 0.170 e. The first-order valence-corrected chi connectivity index (χ1v) is 12.1. The second-order valence-corrected chi connectivity index (χ2v) is 9.58. The highest BCUT2D eigenvalue weighted by Gasteiger charge is 2.41. The van der Waals surface area contributed by atoms with Crippen LogP contribution in [0.2, 0.25) is 0 Å². The van der Waals surface area contributed by atoms with Gasteiger partial charge in [0.05, 0.1) is 17.8 Å². The Hall–Kier alpha value is -3.44. The maximum Gasteiger partial charge on any atom is 0.170 e. The van der Waals surface area contributed by atoms with E-state index in [-0.39, 0.29) is 12.1 Å². The molecule has 2 aromatic heterocycles. The van der Waals surface area contributed by atoms with Crippen LogP contribution in [0.3, 0.4) is 0 Å². The van der Waals surface area contributed by atoms with Gasteiger partial charge in [-0.2, -0.15) is 0 Å². The molecule has 172 valence electrons. The summed E-state index contributed by atoms with van der Waals surface area (Å²) in [6.07, 6.45) is 1.86. The number of hydrogen-bond acceptors (Lipinski definition) is 2. The van der Waals surface area contributed by atoms with Crippen LogP contribution in [0, 0.1) is 27.7 Å². The number of rotatable bonds is 5. The van der Waals surface area contributed by atoms with Crippen molar-refractivity contribution in [1.29, 1.82) is 0 Å². The van der Waals surface area contributed by atoms with Gasteiger partial charge in [-0.05, 0) is 86.4 Å². The summed E-state index contributed by atoms with van der Waals surface area (Å²) >= 11 is 5.89. The number of hydrogen-bond donors (Lipinski definition) is 1. The van der Waals surface area contributed by atoms with Gasteiger partial charge in [-0.3, -0.25) is 4.98 Å². The van der Waals surface area contributed by atoms with E-state index in [1.807, 2.05) is 18.3 Å². The van der Waals surface area contributed by atoms with E-state index >= 15 is 0 Å². The van der Waals surface area contributed by atoms with Gasteiger partial charge >= 0.3 is 0 Å². The summed E-state index contributed by atoms with van der Waals surface area (Å²) in [5.74, 6) is 0. The van der Waals surface area contributed by atoms with Crippen molar-refractivity contribution < 1.29 is 0 Å². The largest absolute Gasteiger partial charge is 0.352 e. The summed E-state index contributed by atoms with van der Waals surface area (Å²) in [6.45, 7) is 9.49. The quantitative estimate of drug-likeness (QED) is 0.351. The molecule has 3 heterocycles. The lowest BCUT2D eigenvalue weighted by atomic mass is 9.96. The van der Waals surface area contributed by atoms with Crippen molar-refractivity contribution >= 4 is 17.3 Å². The summed E-state index contributed by atoms with van der Waals surface area (Å²) in [5.41, 5.74) is 9.73. The lowest BCUT2D eigenvalue weighted by Gasteiger charge is -2.28. The van der Waals surface area contributed by atoms with E-state index in [4.69, 9.17) is 17.2 Å². The molecule has 0 spiro atoms. The number of aryl methyl sites for hydroxylation is 3. The van der Waals surface area contributed by atoms with Crippen LogP contribution in [-0.2, 0) is 6.54 Å². The zero-order chi connectivity index (χ0) is 23.8. The van der Waals surface area contributed by atoms with Crippen LogP contribution >= 0.6 is 12.2 Å². The molecule has 1 aliphatic rings. The van der Waals surface area contributed by atoms with Crippen LogP contribution in [0.25, 0.3) is 5.69 Å². The normalized spacial score (nSPS) is 17.8. The molecule has 2 aromatic carbocycles. The fraction of sp³-hybridized carbons (Fsp3) is 0.241. The van der Waals surface area contributed by atoms with Gasteiger partial charge in [0.2, 0.25) is 0 Å². The molecule has 0 saturated carbocycles. The first kappa shape index (κ1) is 22.4. The van der Waals surface area contributed by atoms with Crippen molar-refractivity contribution in [3.63, 3.8) is 0 Å². The third-order valence-electron chi connectivity index (χ3n) is 6.79. The Bertz CT molecular complexity index is 1330. The minimum Gasteiger partial charge on any atom is -0.352 e. The number of thiocarbonyl (C=S) groups is 1. The summed E-state index contributed by atoms with van der Waals surface area (Å²) in [6, 6.07) is 25.6. The van der Waals surface area contributed by atoms with Gasteiger partial charge in [0.15, 0.2) is 5.11 Å². The molecule has 0 amide bonds. The van der Waals surface area contributed by atoms with Crippen LogP contribution in [-0.4, -0.2) is 19.6 Å². The molecule has 0 bridgehead atoms. The van der Waals surface area contributed by atoms with E-state index in [1.54, 1.807) is 0 Å². The molecule has 1 N–H and O–H groups in total. The van der Waals surface area contributed by atoms with Crippen LogP contribution < -0.4 is 5.32 Å². The monoisotopic (exact) mass is 466 g/mol. The molecule has 4 aromatic rings. The van der Waals surface area contributed by atoms with Gasteiger partial charge in [0, 0.05) is 29.8 Å². The van der Waals surface area contributed by atoms with E-state index < -0.39 is 0 Å². The van der Waals surface area contributed by atoms with Gasteiger partial charge in [-0.1, -0.05) is 48.5 Å². The Balaban J connectivity index is 1.64. The van der Waals surface area contributed by atoms with Crippen molar-refractivity contribution in [3.05, 3.63) is 118 Å². The predicted molar refractivity (Wildman–Crippen MR) is 142 cm³/mol. The molecule has 2 atom stereocenters. The van der Waals surface area contributed by atoms with Crippen molar-refractivity contribution in [2.24, 2.45) is 0 Å². The maximum atomic E-state index is 5.89. The van der Waals surface area contributed by atoms with E-state index in [2.05, 4.69) is 103 Å². The molecule has 1 aliphatic heterocycles. The maximum absolute atomic E-state index is 5.89. The Labute approximate surface area is 207 Å². The number of benzene rings is 2. The first-order valence-electron chi connectivity index (χ1n) is 11.7. The third kappa shape index (κ3) is 4.01. The van der Waals surface area contributed by atoms with Crippen molar-refractivity contribution in [2.45, 2.75) is 46.3 Å². The average molecular weight is 467 g/mol. The fourth-order valence-electron chi connectivity index (χ4n) is 5.11. The number of nitrogens with zero attached hydrogens (tertiary/aromatic N) is 3. The van der Waals surface area contributed by atoms with Gasteiger partial charge in [0.1, 0.15) is 0 Å². The number of aromatic nitrogens is 2. The van der Waals surface area contributed by atoms with Gasteiger partial charge in [0.25, 0.3) is 0 Å². The fourth-order valence-corrected chi connectivity index (χ4v) is 5.42. The second-order valence-electron chi connectivity index (χ2n) is 9.19. The molecule has 0 radical (unpaired) electrons. The molecule has 0 aliphatic carbocycles. The van der Waals surface area contributed by atoms with Crippen LogP contribution in [0.15, 0.2) is 79.0 Å². The molecule has 4 nitrogen and oxygen atoms in total. The van der Waals surface area contributed by atoms with E-state index in [9.17, 15) is 0 Å². The van der Waals surface area contributed by atoms with Gasteiger partial charge in [-0.15, -0.1) is 0 Å². The van der Waals surface area contributed by atoms with E-state index in [0.717, 1.165) is 17.4 Å². The van der Waals surface area contributed by atoms with E-state index in [1.165, 1.54) is 39.3 Å². The minimum atomic E-state index is -0.0232. The molecule has 1 saturated heterocycles. The highest BCUT2D eigenvalue weighted by Crippen LogP contribution is 2.42. The SMILES string of the molecule is Cc1ccc(C)c(-n2c(C)cc([C@@H]3[C@@H](c4ccccn4)NC(=S)N3Cc3ccccc3)c2C)c1. The first-order chi connectivity index (χ1) is 16.4. The average Bonchev–Trinajstić information content (AvgIpc) is 3.31. The van der Waals surface area contributed by atoms with Crippen LogP contribution in [0.1, 0.15) is 51.4 Å². The summed E-state index contributed by atoms with van der Waals surface area (Å²) in [4.78, 5) is 7.02. The number of nitrogens with one attached hydrogen (secondary N) is 1. The summed E-state index contributed by atoms with van der Waals surface area (Å²) in [5, 5.41) is 4.36. The lowest BCUT2D eigenvalue weighted by Crippen LogP contribution is -2.29. The zero-order valence-electron chi connectivity index (χ0n) is 20.1. The lowest BCUT2D eigenvalue weighted by molar-refractivity contribution is 0.310. The Kier molecular flexibility index (Phi) is 5.96. The van der Waals surface area contributed by atoms with Crippen molar-refractivity contribution in [3.8, 4) is 5.69 Å². The van der Waals surface area contributed by atoms with E-state index in [0.29, 0.717) is 0 Å².